The highest BCUT2D eigenvalue weighted by atomic mass is 16.2. The van der Waals surface area contributed by atoms with Crippen molar-refractivity contribution in [3.63, 3.8) is 0 Å². The molecule has 0 N–H and O–H groups in total. The summed E-state index contributed by atoms with van der Waals surface area (Å²) in [7, 11) is 0. The number of pyridine rings is 1. The average molecular weight is 379 g/mol. The third-order valence-electron chi connectivity index (χ3n) is 6.68. The highest BCUT2D eigenvalue weighted by molar-refractivity contribution is 6.02. The number of hydrogen-bond acceptors (Lipinski definition) is 4. The van der Waals surface area contributed by atoms with Crippen LogP contribution in [0.25, 0.3) is 10.9 Å². The van der Waals surface area contributed by atoms with Crippen molar-refractivity contribution in [3.8, 4) is 0 Å². The van der Waals surface area contributed by atoms with Crippen molar-refractivity contribution in [2.75, 3.05) is 44.2 Å². The normalized spacial score (nSPS) is 23.6. The molecule has 1 amide bonds. The Morgan fingerprint density at radius 3 is 2.50 bits per heavy atom. The van der Waals surface area contributed by atoms with Crippen LogP contribution < -0.4 is 4.90 Å². The number of amides is 1. The molecule has 1 aromatic heterocycles. The molecule has 5 rings (SSSR count). The maximum Gasteiger partial charge on any atom is 0.257 e. The van der Waals surface area contributed by atoms with Crippen molar-refractivity contribution in [3.05, 3.63) is 35.9 Å². The number of carbonyl (C=O) groups is 1. The van der Waals surface area contributed by atoms with Crippen LogP contribution in [0.5, 0.6) is 0 Å². The summed E-state index contributed by atoms with van der Waals surface area (Å²) < 4.78 is 0. The first-order valence-corrected chi connectivity index (χ1v) is 11.0. The van der Waals surface area contributed by atoms with Crippen LogP contribution in [0, 0.1) is 0 Å². The number of rotatable bonds is 3. The molecule has 1 atom stereocenters. The third kappa shape index (κ3) is 3.37. The smallest absolute Gasteiger partial charge is 0.257 e. The van der Waals surface area contributed by atoms with E-state index in [0.717, 1.165) is 54.9 Å². The molecule has 3 saturated heterocycles. The highest BCUT2D eigenvalue weighted by Gasteiger charge is 2.32. The van der Waals surface area contributed by atoms with E-state index in [0.29, 0.717) is 6.04 Å². The van der Waals surface area contributed by atoms with E-state index in [1.165, 1.54) is 45.2 Å². The Morgan fingerprint density at radius 2 is 1.68 bits per heavy atom. The van der Waals surface area contributed by atoms with Crippen molar-refractivity contribution in [1.29, 1.82) is 0 Å². The minimum absolute atomic E-state index is 0.170. The van der Waals surface area contributed by atoms with Crippen molar-refractivity contribution in [2.24, 2.45) is 0 Å². The fourth-order valence-corrected chi connectivity index (χ4v) is 5.15. The number of hydrogen-bond donors (Lipinski definition) is 0. The fraction of sp³-hybridized carbons (Fsp3) is 0.565. The van der Waals surface area contributed by atoms with Crippen molar-refractivity contribution in [2.45, 2.75) is 44.6 Å². The molecule has 5 heteroatoms. The number of benzene rings is 1. The van der Waals surface area contributed by atoms with Crippen LogP contribution in [0.4, 0.5) is 5.82 Å². The molecule has 0 radical (unpaired) electrons. The molecule has 4 heterocycles. The average Bonchev–Trinajstić information content (AvgIpc) is 3.46. The van der Waals surface area contributed by atoms with Crippen LogP contribution in [0.2, 0.25) is 0 Å². The molecule has 3 aliphatic rings. The minimum atomic E-state index is 0.170. The molecule has 0 unspecified atom stereocenters. The van der Waals surface area contributed by atoms with Gasteiger partial charge in [0.25, 0.3) is 5.91 Å². The molecular weight excluding hydrogens is 348 g/mol. The summed E-state index contributed by atoms with van der Waals surface area (Å²) in [5.41, 5.74) is 1.78. The molecule has 2 aromatic rings. The van der Waals surface area contributed by atoms with Crippen LogP contribution in [-0.2, 0) is 0 Å². The zero-order valence-corrected chi connectivity index (χ0v) is 16.6. The van der Waals surface area contributed by atoms with E-state index >= 15 is 0 Å². The summed E-state index contributed by atoms with van der Waals surface area (Å²) in [4.78, 5) is 25.6. The largest absolute Gasteiger partial charge is 0.356 e. The lowest BCUT2D eigenvalue weighted by Gasteiger charge is -2.38. The van der Waals surface area contributed by atoms with Gasteiger partial charge in [0.05, 0.1) is 11.1 Å². The number of piperidine rings is 1. The Kier molecular flexibility index (Phi) is 4.93. The molecule has 148 valence electrons. The van der Waals surface area contributed by atoms with Gasteiger partial charge < -0.3 is 9.80 Å². The van der Waals surface area contributed by atoms with Crippen molar-refractivity contribution in [1.82, 2.24) is 14.8 Å². The summed E-state index contributed by atoms with van der Waals surface area (Å²) in [5, 5.41) is 1.06. The summed E-state index contributed by atoms with van der Waals surface area (Å²) in [6.07, 6.45) is 7.30. The minimum Gasteiger partial charge on any atom is -0.356 e. The van der Waals surface area contributed by atoms with Gasteiger partial charge >= 0.3 is 0 Å². The predicted octanol–water partition coefficient (Wildman–Crippen LogP) is 3.54. The molecule has 0 spiro atoms. The number of carbonyl (C=O) groups excluding carboxylic acids is 1. The van der Waals surface area contributed by atoms with E-state index in [9.17, 15) is 4.79 Å². The Hall–Kier alpha value is -2.14. The fourth-order valence-electron chi connectivity index (χ4n) is 5.15. The van der Waals surface area contributed by atoms with Crippen LogP contribution in [0.3, 0.4) is 0 Å². The molecule has 0 aliphatic carbocycles. The van der Waals surface area contributed by atoms with Gasteiger partial charge in [-0.25, -0.2) is 4.98 Å². The maximum atomic E-state index is 13.6. The predicted molar refractivity (Wildman–Crippen MR) is 113 cm³/mol. The molecular formula is C23H30N4O. The van der Waals surface area contributed by atoms with E-state index in [2.05, 4.69) is 26.8 Å². The summed E-state index contributed by atoms with van der Waals surface area (Å²) >= 11 is 0. The van der Waals surface area contributed by atoms with Crippen LogP contribution in [-0.4, -0.2) is 66.0 Å². The van der Waals surface area contributed by atoms with Gasteiger partial charge in [0, 0.05) is 37.6 Å². The quantitative estimate of drug-likeness (QED) is 0.819. The topological polar surface area (TPSA) is 39.7 Å². The Bertz CT molecular complexity index is 855. The Balaban J connectivity index is 1.46. The van der Waals surface area contributed by atoms with Gasteiger partial charge in [-0.2, -0.15) is 0 Å². The zero-order valence-electron chi connectivity index (χ0n) is 16.6. The number of fused-ring (bicyclic) bond motifs is 1. The van der Waals surface area contributed by atoms with Crippen molar-refractivity contribution < 1.29 is 4.79 Å². The monoisotopic (exact) mass is 378 g/mol. The molecule has 0 saturated carbocycles. The van der Waals surface area contributed by atoms with Gasteiger partial charge in [-0.15, -0.1) is 0 Å². The Morgan fingerprint density at radius 1 is 0.929 bits per heavy atom. The highest BCUT2D eigenvalue weighted by Crippen LogP contribution is 2.29. The number of para-hydroxylation sites is 1. The molecule has 3 fully saturated rings. The standard InChI is InChI=1S/C23H30N4O/c28-23(27-15-7-9-19(17-27)25-11-3-4-12-25)20-16-18-8-1-2-10-21(18)24-22(20)26-13-5-6-14-26/h1-2,8,10,16,19H,3-7,9,11-15,17H2/t19-/m1/s1. The molecule has 0 bridgehead atoms. The first-order valence-electron chi connectivity index (χ1n) is 11.0. The summed E-state index contributed by atoms with van der Waals surface area (Å²) in [6, 6.07) is 10.8. The van der Waals surface area contributed by atoms with Crippen LogP contribution in [0.15, 0.2) is 30.3 Å². The van der Waals surface area contributed by atoms with E-state index in [1.807, 2.05) is 18.2 Å². The van der Waals surface area contributed by atoms with Crippen LogP contribution >= 0.6 is 0 Å². The van der Waals surface area contributed by atoms with Crippen LogP contribution in [0.1, 0.15) is 48.9 Å². The first-order chi connectivity index (χ1) is 13.8. The Labute approximate surface area is 167 Å². The van der Waals surface area contributed by atoms with E-state index in [4.69, 9.17) is 4.98 Å². The number of likely N-dealkylation sites (tertiary alicyclic amines) is 2. The number of anilines is 1. The van der Waals surface area contributed by atoms with Crippen molar-refractivity contribution >= 4 is 22.6 Å². The second-order valence-corrected chi connectivity index (χ2v) is 8.54. The van der Waals surface area contributed by atoms with Gasteiger partial charge in [-0.1, -0.05) is 18.2 Å². The van der Waals surface area contributed by atoms with Gasteiger partial charge in [0.15, 0.2) is 0 Å². The summed E-state index contributed by atoms with van der Waals surface area (Å²) in [6.45, 7) is 6.14. The second-order valence-electron chi connectivity index (χ2n) is 8.54. The first kappa shape index (κ1) is 17.9. The zero-order chi connectivity index (χ0) is 18.9. The molecule has 1 aromatic carbocycles. The van der Waals surface area contributed by atoms with E-state index < -0.39 is 0 Å². The third-order valence-corrected chi connectivity index (χ3v) is 6.68. The second kappa shape index (κ2) is 7.70. The lowest BCUT2D eigenvalue weighted by atomic mass is 10.0. The van der Waals surface area contributed by atoms with Gasteiger partial charge in [-0.3, -0.25) is 9.69 Å². The lowest BCUT2D eigenvalue weighted by molar-refractivity contribution is 0.0608. The molecule has 28 heavy (non-hydrogen) atoms. The number of nitrogens with zero attached hydrogens (tertiary/aromatic N) is 4. The SMILES string of the molecule is O=C(c1cc2ccccc2nc1N1CCCC1)N1CCC[C@@H](N2CCCC2)C1. The van der Waals surface area contributed by atoms with E-state index in [-0.39, 0.29) is 5.91 Å². The van der Waals surface area contributed by atoms with Gasteiger partial charge in [0.1, 0.15) is 5.82 Å². The molecule has 5 nitrogen and oxygen atoms in total. The number of aromatic nitrogens is 1. The van der Waals surface area contributed by atoms with E-state index in [1.54, 1.807) is 0 Å². The molecule has 3 aliphatic heterocycles. The summed E-state index contributed by atoms with van der Waals surface area (Å²) in [5.74, 6) is 1.06. The van der Waals surface area contributed by atoms with Gasteiger partial charge in [-0.05, 0) is 63.7 Å². The lowest BCUT2D eigenvalue weighted by Crippen LogP contribution is -2.49. The van der Waals surface area contributed by atoms with Gasteiger partial charge in [0.2, 0.25) is 0 Å². The maximum absolute atomic E-state index is 13.6.